The van der Waals surface area contributed by atoms with Crippen molar-refractivity contribution in [3.8, 4) is 186 Å². The summed E-state index contributed by atoms with van der Waals surface area (Å²) in [5.74, 6) is 2.64. The van der Waals surface area contributed by atoms with Crippen LogP contribution in [0.2, 0.25) is 0 Å². The molecular weight excluding hydrogens is 1780 g/mol. The lowest BCUT2D eigenvalue weighted by Gasteiger charge is -2.13. The first-order chi connectivity index (χ1) is 72.8. The van der Waals surface area contributed by atoms with E-state index in [2.05, 4.69) is 499 Å². The molecule has 0 atom stereocenters. The summed E-state index contributed by atoms with van der Waals surface area (Å²) in [6.45, 7) is 0. The van der Waals surface area contributed by atoms with Crippen molar-refractivity contribution < 1.29 is 0 Å². The van der Waals surface area contributed by atoms with E-state index < -0.39 is 0 Å². The standard InChI is InChI=1S/C47H32N2.C46H31N3.C45H30N4/c1-5-14-33(15-6-1)37-24-26-46-42(29-37)43-30-38(34-16-7-2-8-17-34)25-27-47(43)49(46)41-23-13-22-39(28-41)45-32-40(35-18-9-3-10-19-35)31-44(48-45)36-20-11-4-12-21-36;1-5-14-32(15-6-1)36-24-26-44-40(29-36)41-30-37(33-16-7-2-8-17-33)25-27-45(41)49(44)39-23-13-22-38(28-39)46-47-42(34-18-9-3-10-19-34)31-43(48-46)35-20-11-4-12-21-35;1-5-13-31(14-6-1)36-23-27-41-39(29-36)40-30-37(32-15-7-2-8-16-32)24-28-42(40)49(41)38-25-21-35(22-26-38)45-47-43(33-17-9-3-10-18-33)46-44(48-45)34-19-11-4-12-20-34/h1-32H;1-31H;1-30H. The van der Waals surface area contributed by atoms with Gasteiger partial charge in [-0.3, -0.25) is 0 Å². The Bertz CT molecular complexity index is 8610. The van der Waals surface area contributed by atoms with Crippen LogP contribution in [0.1, 0.15) is 0 Å². The van der Waals surface area contributed by atoms with Gasteiger partial charge in [-0.25, -0.2) is 29.9 Å². The number of pyridine rings is 1. The number of hydrogen-bond acceptors (Lipinski definition) is 6. The predicted molar refractivity (Wildman–Crippen MR) is 611 cm³/mol. The maximum absolute atomic E-state index is 5.23. The van der Waals surface area contributed by atoms with Crippen LogP contribution in [0.25, 0.3) is 251 Å². The highest BCUT2D eigenvalue weighted by Gasteiger charge is 2.24. The van der Waals surface area contributed by atoms with Gasteiger partial charge in [0.1, 0.15) is 0 Å². The molecule has 0 spiro atoms. The van der Waals surface area contributed by atoms with Crippen LogP contribution in [0.15, 0.2) is 564 Å². The average Bonchev–Trinajstić information content (AvgIpc) is 1.59. The van der Waals surface area contributed by atoms with E-state index in [4.69, 9.17) is 29.9 Å². The SMILES string of the molecule is c1ccc(-c2cc(-c3ccccc3)nc(-c3cccc(-n4c5ccc(-c6ccccc6)cc5c5cc(-c6ccccc6)ccc54)c3)c2)cc1.c1ccc(-c2ccc3c(c2)c2cc(-c4ccccc4)ccc2n3-c2ccc(-c3nc(-c4ccccc4)nc(-c4ccccc4)n3)cc2)cc1.c1ccc(-c2ccc3c(c2)c2cc(-c4ccccc4)ccc2n3-c2cccc(-c3nc(-c4ccccc4)cc(-c4ccccc4)n3)c2)cc1. The minimum absolute atomic E-state index is 0.640. The average molecular weight is 1880 g/mol. The Balaban J connectivity index is 0.000000115. The number of fused-ring (bicyclic) bond motifs is 9. The van der Waals surface area contributed by atoms with Gasteiger partial charge in [0.2, 0.25) is 0 Å². The Morgan fingerprint density at radius 1 is 0.102 bits per heavy atom. The molecule has 0 aliphatic carbocycles. The van der Waals surface area contributed by atoms with Gasteiger partial charge in [-0.2, -0.15) is 0 Å². The number of aromatic nitrogens is 9. The number of benzene rings is 21. The third kappa shape index (κ3) is 18.1. The predicted octanol–water partition coefficient (Wildman–Crippen LogP) is 35.7. The van der Waals surface area contributed by atoms with Crippen LogP contribution in [0, 0.1) is 0 Å². The largest absolute Gasteiger partial charge is 0.309 e. The molecule has 0 unspecified atom stereocenters. The summed E-state index contributed by atoms with van der Waals surface area (Å²) in [4.78, 5) is 30.2. The van der Waals surface area contributed by atoms with E-state index in [1.165, 1.54) is 116 Å². The van der Waals surface area contributed by atoms with Crippen LogP contribution >= 0.6 is 0 Å². The van der Waals surface area contributed by atoms with Gasteiger partial charge in [-0.15, -0.1) is 0 Å². The summed E-state index contributed by atoms with van der Waals surface area (Å²) in [6, 6.07) is 199. The van der Waals surface area contributed by atoms with Gasteiger partial charge < -0.3 is 13.7 Å². The molecular formula is C138H93N9. The van der Waals surface area contributed by atoms with E-state index in [-0.39, 0.29) is 0 Å². The molecule has 690 valence electrons. The maximum atomic E-state index is 5.23. The van der Waals surface area contributed by atoms with Crippen molar-refractivity contribution in [3.63, 3.8) is 0 Å². The molecule has 6 aromatic heterocycles. The molecule has 0 aliphatic heterocycles. The molecule has 9 nitrogen and oxygen atoms in total. The fourth-order valence-corrected chi connectivity index (χ4v) is 20.4. The number of hydrogen-bond donors (Lipinski definition) is 0. The highest BCUT2D eigenvalue weighted by atomic mass is 15.0. The first kappa shape index (κ1) is 88.7. The van der Waals surface area contributed by atoms with E-state index in [0.717, 1.165) is 112 Å². The second-order valence-corrected chi connectivity index (χ2v) is 36.8. The molecule has 0 saturated carbocycles. The van der Waals surface area contributed by atoms with Crippen LogP contribution in [0.4, 0.5) is 0 Å². The fraction of sp³-hybridized carbons (Fsp3) is 0. The molecule has 0 amide bonds. The molecule has 6 heterocycles. The first-order valence-electron chi connectivity index (χ1n) is 49.7. The van der Waals surface area contributed by atoms with Crippen LogP contribution in [-0.4, -0.2) is 43.6 Å². The minimum Gasteiger partial charge on any atom is -0.309 e. The highest BCUT2D eigenvalue weighted by Crippen LogP contribution is 2.45. The van der Waals surface area contributed by atoms with Crippen LogP contribution in [0.3, 0.4) is 0 Å². The maximum Gasteiger partial charge on any atom is 0.164 e. The zero-order valence-electron chi connectivity index (χ0n) is 80.2. The molecule has 0 bridgehead atoms. The van der Waals surface area contributed by atoms with Gasteiger partial charge in [0.15, 0.2) is 23.3 Å². The molecule has 0 N–H and O–H groups in total. The third-order valence-corrected chi connectivity index (χ3v) is 27.7. The van der Waals surface area contributed by atoms with Crippen molar-refractivity contribution in [2.24, 2.45) is 0 Å². The van der Waals surface area contributed by atoms with E-state index in [0.29, 0.717) is 23.3 Å². The molecule has 0 saturated heterocycles. The van der Waals surface area contributed by atoms with Gasteiger partial charge in [0, 0.05) is 93.9 Å². The van der Waals surface area contributed by atoms with Crippen molar-refractivity contribution in [3.05, 3.63) is 564 Å². The summed E-state index contributed by atoms with van der Waals surface area (Å²) in [5.41, 5.74) is 38.8. The van der Waals surface area contributed by atoms with Gasteiger partial charge in [-0.05, 0) is 217 Å². The number of rotatable bonds is 18. The second-order valence-electron chi connectivity index (χ2n) is 36.8. The lowest BCUT2D eigenvalue weighted by atomic mass is 10.00. The Hall–Kier alpha value is -19.7. The summed E-state index contributed by atoms with van der Waals surface area (Å²) >= 11 is 0. The molecule has 147 heavy (non-hydrogen) atoms. The van der Waals surface area contributed by atoms with E-state index in [9.17, 15) is 0 Å². The monoisotopic (exact) mass is 1880 g/mol. The highest BCUT2D eigenvalue weighted by molar-refractivity contribution is 6.15. The molecule has 27 aromatic rings. The van der Waals surface area contributed by atoms with Crippen molar-refractivity contribution in [2.75, 3.05) is 0 Å². The van der Waals surface area contributed by atoms with E-state index in [1.807, 2.05) is 78.9 Å². The topological polar surface area (TPSA) is 92.1 Å². The normalized spacial score (nSPS) is 11.3. The molecule has 0 radical (unpaired) electrons. The van der Waals surface area contributed by atoms with Gasteiger partial charge in [0.05, 0.1) is 55.9 Å². The lowest BCUT2D eigenvalue weighted by Crippen LogP contribution is -2.00. The molecule has 21 aromatic carbocycles. The van der Waals surface area contributed by atoms with E-state index in [1.54, 1.807) is 0 Å². The van der Waals surface area contributed by atoms with E-state index >= 15 is 0 Å². The second kappa shape index (κ2) is 39.7. The number of nitrogens with zero attached hydrogens (tertiary/aromatic N) is 9. The minimum atomic E-state index is 0.640. The Morgan fingerprint density at radius 2 is 0.299 bits per heavy atom. The lowest BCUT2D eigenvalue weighted by molar-refractivity contribution is 1.07. The molecule has 0 fully saturated rings. The van der Waals surface area contributed by atoms with Gasteiger partial charge >= 0.3 is 0 Å². The summed E-state index contributed by atoms with van der Waals surface area (Å²) < 4.78 is 7.13. The van der Waals surface area contributed by atoms with Crippen LogP contribution in [0.5, 0.6) is 0 Å². The molecule has 0 aliphatic rings. The van der Waals surface area contributed by atoms with Crippen molar-refractivity contribution >= 4 is 65.4 Å². The Morgan fingerprint density at radius 3 is 0.578 bits per heavy atom. The summed E-state index contributed by atoms with van der Waals surface area (Å²) in [6.07, 6.45) is 0. The molecule has 27 rings (SSSR count). The van der Waals surface area contributed by atoms with Crippen molar-refractivity contribution in [2.45, 2.75) is 0 Å². The van der Waals surface area contributed by atoms with Crippen molar-refractivity contribution in [1.29, 1.82) is 0 Å². The Kier molecular flexibility index (Phi) is 24.0. The molecule has 9 heteroatoms. The van der Waals surface area contributed by atoms with Gasteiger partial charge in [-0.1, -0.05) is 425 Å². The van der Waals surface area contributed by atoms with Crippen LogP contribution in [-0.2, 0) is 0 Å². The van der Waals surface area contributed by atoms with Crippen molar-refractivity contribution in [1.82, 2.24) is 43.6 Å². The third-order valence-electron chi connectivity index (χ3n) is 27.7. The van der Waals surface area contributed by atoms with Gasteiger partial charge in [0.25, 0.3) is 0 Å². The summed E-state index contributed by atoms with van der Waals surface area (Å²) in [5, 5.41) is 7.33. The van der Waals surface area contributed by atoms with Crippen LogP contribution < -0.4 is 0 Å². The Labute approximate surface area is 852 Å². The summed E-state index contributed by atoms with van der Waals surface area (Å²) in [7, 11) is 0. The quantitative estimate of drug-likeness (QED) is 0.0850. The zero-order valence-corrected chi connectivity index (χ0v) is 80.2. The first-order valence-corrected chi connectivity index (χ1v) is 49.7. The zero-order chi connectivity index (χ0) is 97.7. The fourth-order valence-electron chi connectivity index (χ4n) is 20.4. The smallest absolute Gasteiger partial charge is 0.164 e.